The number of aromatic hydroxyl groups is 1. The minimum absolute atomic E-state index is 0.0139. The van der Waals surface area contributed by atoms with Crippen LogP contribution in [0, 0.1) is 13.8 Å². The van der Waals surface area contributed by atoms with Crippen molar-refractivity contribution in [1.29, 1.82) is 0 Å². The fourth-order valence-corrected chi connectivity index (χ4v) is 5.45. The summed E-state index contributed by atoms with van der Waals surface area (Å²) in [5.74, 6) is -2.29. The SMILES string of the molecule is Cc1cc(O)cc(C)c1C[C@H](N)C(=O)N[C@H](C)C(=O)N[C@@H](Cc1c[nH]c2ccccc12)C(=O)NCc1cc(C(F)(F)F)cc(C(F)(F)F)c1. The number of aryl methyl sites for hydroxylation is 2. The zero-order valence-corrected chi connectivity index (χ0v) is 26.6. The molecule has 0 saturated carbocycles. The first-order valence-electron chi connectivity index (χ1n) is 15.1. The summed E-state index contributed by atoms with van der Waals surface area (Å²) < 4.78 is 80.2. The lowest BCUT2D eigenvalue weighted by Gasteiger charge is -2.23. The van der Waals surface area contributed by atoms with Crippen LogP contribution in [0.15, 0.2) is 60.8 Å². The third kappa shape index (κ3) is 9.31. The van der Waals surface area contributed by atoms with Gasteiger partial charge >= 0.3 is 12.4 Å². The van der Waals surface area contributed by atoms with Crippen LogP contribution in [0.5, 0.6) is 5.75 Å². The summed E-state index contributed by atoms with van der Waals surface area (Å²) in [6.45, 7) is 4.16. The number of hydrogen-bond acceptors (Lipinski definition) is 5. The molecule has 1 heterocycles. The quantitative estimate of drug-likeness (QED) is 0.123. The van der Waals surface area contributed by atoms with Crippen molar-refractivity contribution in [1.82, 2.24) is 20.9 Å². The molecule has 0 fully saturated rings. The molecule has 3 atom stereocenters. The van der Waals surface area contributed by atoms with Gasteiger partial charge in [0.25, 0.3) is 0 Å². The number of benzene rings is 3. The van der Waals surface area contributed by atoms with Crippen molar-refractivity contribution in [3.63, 3.8) is 0 Å². The molecule has 1 aromatic heterocycles. The number of H-pyrrole nitrogens is 1. The molecule has 0 aliphatic carbocycles. The molecular weight excluding hydrogens is 656 g/mol. The van der Waals surface area contributed by atoms with Gasteiger partial charge in [-0.25, -0.2) is 0 Å². The predicted molar refractivity (Wildman–Crippen MR) is 169 cm³/mol. The topological polar surface area (TPSA) is 149 Å². The third-order valence-electron chi connectivity index (χ3n) is 8.04. The van der Waals surface area contributed by atoms with Crippen molar-refractivity contribution in [3.8, 4) is 5.75 Å². The lowest BCUT2D eigenvalue weighted by atomic mass is 9.96. The van der Waals surface area contributed by atoms with E-state index in [2.05, 4.69) is 20.9 Å². The van der Waals surface area contributed by atoms with Crippen LogP contribution in [0.2, 0.25) is 0 Å². The molecule has 0 spiro atoms. The minimum Gasteiger partial charge on any atom is -0.508 e. The molecule has 4 rings (SSSR count). The number of amides is 3. The number of hydrogen-bond donors (Lipinski definition) is 6. The molecule has 4 aromatic rings. The predicted octanol–water partition coefficient (Wildman–Crippen LogP) is 4.95. The maximum absolute atomic E-state index is 13.4. The summed E-state index contributed by atoms with van der Waals surface area (Å²) in [4.78, 5) is 42.6. The van der Waals surface area contributed by atoms with Crippen molar-refractivity contribution in [2.45, 2.75) is 70.6 Å². The number of halogens is 6. The van der Waals surface area contributed by atoms with Crippen LogP contribution in [0.3, 0.4) is 0 Å². The van der Waals surface area contributed by atoms with E-state index in [1.54, 1.807) is 44.3 Å². The number of para-hydroxylation sites is 1. The van der Waals surface area contributed by atoms with E-state index in [1.165, 1.54) is 19.1 Å². The zero-order valence-electron chi connectivity index (χ0n) is 26.6. The first-order chi connectivity index (χ1) is 22.8. The fourth-order valence-electron chi connectivity index (χ4n) is 5.45. The normalized spacial score (nSPS) is 13.8. The maximum Gasteiger partial charge on any atom is 0.416 e. The number of fused-ring (bicyclic) bond motifs is 1. The van der Waals surface area contributed by atoms with E-state index in [9.17, 15) is 45.8 Å². The molecule has 0 saturated heterocycles. The highest BCUT2D eigenvalue weighted by Gasteiger charge is 2.37. The van der Waals surface area contributed by atoms with Gasteiger partial charge in [0, 0.05) is 30.1 Å². The average molecular weight is 692 g/mol. The van der Waals surface area contributed by atoms with E-state index >= 15 is 0 Å². The Morgan fingerprint density at radius 2 is 1.43 bits per heavy atom. The number of nitrogens with one attached hydrogen (secondary N) is 4. The summed E-state index contributed by atoms with van der Waals surface area (Å²) in [6, 6.07) is 7.51. The Hall–Kier alpha value is -5.05. The molecule has 3 aromatic carbocycles. The minimum atomic E-state index is -5.07. The van der Waals surface area contributed by atoms with Crippen molar-refractivity contribution >= 4 is 28.6 Å². The number of carbonyl (C=O) groups is 3. The van der Waals surface area contributed by atoms with Gasteiger partial charge in [0.1, 0.15) is 17.8 Å². The van der Waals surface area contributed by atoms with Crippen molar-refractivity contribution in [2.24, 2.45) is 5.73 Å². The average Bonchev–Trinajstić information content (AvgIpc) is 3.42. The van der Waals surface area contributed by atoms with Crippen LogP contribution >= 0.6 is 0 Å². The van der Waals surface area contributed by atoms with Gasteiger partial charge in [0.2, 0.25) is 17.7 Å². The van der Waals surface area contributed by atoms with Crippen LogP contribution in [0.4, 0.5) is 26.3 Å². The van der Waals surface area contributed by atoms with Gasteiger partial charge in [-0.2, -0.15) is 26.3 Å². The highest BCUT2D eigenvalue weighted by Crippen LogP contribution is 2.36. The molecule has 49 heavy (non-hydrogen) atoms. The monoisotopic (exact) mass is 691 g/mol. The van der Waals surface area contributed by atoms with Gasteiger partial charge in [-0.3, -0.25) is 14.4 Å². The Balaban J connectivity index is 1.51. The molecule has 15 heteroatoms. The van der Waals surface area contributed by atoms with E-state index in [1.807, 2.05) is 0 Å². The Morgan fingerprint density at radius 3 is 2.02 bits per heavy atom. The number of phenolic OH excluding ortho intramolecular Hbond substituents is 1. The molecule has 9 nitrogen and oxygen atoms in total. The molecule has 0 bridgehead atoms. The molecule has 0 unspecified atom stereocenters. The summed E-state index contributed by atoms with van der Waals surface area (Å²) in [7, 11) is 0. The van der Waals surface area contributed by atoms with E-state index in [0.717, 1.165) is 27.6 Å². The van der Waals surface area contributed by atoms with E-state index in [0.29, 0.717) is 17.7 Å². The molecule has 7 N–H and O–H groups in total. The molecule has 262 valence electrons. The highest BCUT2D eigenvalue weighted by molar-refractivity contribution is 5.93. The molecule has 0 aliphatic heterocycles. The summed E-state index contributed by atoms with van der Waals surface area (Å²) in [5.41, 5.74) is 6.10. The van der Waals surface area contributed by atoms with Gasteiger partial charge in [0.15, 0.2) is 0 Å². The summed E-state index contributed by atoms with van der Waals surface area (Å²) >= 11 is 0. The molecule has 0 radical (unpaired) electrons. The van der Waals surface area contributed by atoms with E-state index < -0.39 is 71.4 Å². The molecule has 3 amide bonds. The van der Waals surface area contributed by atoms with Crippen molar-refractivity contribution in [3.05, 3.63) is 99.7 Å². The van der Waals surface area contributed by atoms with E-state index in [-0.39, 0.29) is 24.7 Å². The Labute approximate surface area is 277 Å². The fraction of sp³-hybridized carbons (Fsp3) is 0.324. The van der Waals surface area contributed by atoms with Gasteiger partial charge in [-0.15, -0.1) is 0 Å². The number of rotatable bonds is 11. The van der Waals surface area contributed by atoms with Crippen LogP contribution in [0.25, 0.3) is 10.9 Å². The van der Waals surface area contributed by atoms with Gasteiger partial charge in [0.05, 0.1) is 17.2 Å². The molecule has 0 aliphatic rings. The van der Waals surface area contributed by atoms with Gasteiger partial charge in [-0.1, -0.05) is 18.2 Å². The highest BCUT2D eigenvalue weighted by atomic mass is 19.4. The first-order valence-corrected chi connectivity index (χ1v) is 15.1. The van der Waals surface area contributed by atoms with Gasteiger partial charge < -0.3 is 31.8 Å². The second-order valence-electron chi connectivity index (χ2n) is 11.9. The summed E-state index contributed by atoms with van der Waals surface area (Å²) in [5, 5.41) is 17.9. The third-order valence-corrected chi connectivity index (χ3v) is 8.04. The Bertz CT molecular complexity index is 1800. The second-order valence-corrected chi connectivity index (χ2v) is 11.9. The standard InChI is InChI=1S/C34H35F6N5O4/c1-17-8-24(46)9-18(2)26(17)14-27(41)31(48)44-19(3)30(47)45-29(12-21-16-42-28-7-5-4-6-25(21)28)32(49)43-15-20-10-22(33(35,36)37)13-23(11-20)34(38,39)40/h4-11,13,16,19,27,29,42,46H,12,14-15,41H2,1-3H3,(H,43,49)(H,44,48)(H,45,47)/t19-,27+,29+/m1/s1. The van der Waals surface area contributed by atoms with E-state index in [4.69, 9.17) is 5.73 Å². The van der Waals surface area contributed by atoms with Crippen LogP contribution in [-0.2, 0) is 46.1 Å². The largest absolute Gasteiger partial charge is 0.508 e. The second kappa shape index (κ2) is 14.6. The van der Waals surface area contributed by atoms with Crippen LogP contribution in [-0.4, -0.2) is 45.9 Å². The zero-order chi connectivity index (χ0) is 36.3. The number of aromatic nitrogens is 1. The number of aromatic amines is 1. The van der Waals surface area contributed by atoms with Crippen molar-refractivity contribution < 1.29 is 45.8 Å². The van der Waals surface area contributed by atoms with Crippen molar-refractivity contribution in [2.75, 3.05) is 0 Å². The van der Waals surface area contributed by atoms with Crippen LogP contribution < -0.4 is 21.7 Å². The lowest BCUT2D eigenvalue weighted by Crippen LogP contribution is -2.55. The lowest BCUT2D eigenvalue weighted by molar-refractivity contribution is -0.143. The van der Waals surface area contributed by atoms with Gasteiger partial charge in [-0.05, 0) is 91.4 Å². The molecular formula is C34H35F6N5O4. The number of alkyl halides is 6. The smallest absolute Gasteiger partial charge is 0.416 e. The number of phenols is 1. The Morgan fingerprint density at radius 1 is 0.837 bits per heavy atom. The maximum atomic E-state index is 13.4. The number of nitrogens with two attached hydrogens (primary N) is 1. The summed E-state index contributed by atoms with van der Waals surface area (Å²) in [6.07, 6.45) is -8.54. The number of carbonyl (C=O) groups excluding carboxylic acids is 3. The Kier molecular flexibility index (Phi) is 11.0. The van der Waals surface area contributed by atoms with Crippen LogP contribution in [0.1, 0.15) is 45.9 Å². The first kappa shape index (κ1) is 36.8.